The van der Waals surface area contributed by atoms with Crippen LogP contribution in [0, 0.1) is 18.6 Å². The molecule has 0 radical (unpaired) electrons. The minimum Gasteiger partial charge on any atom is -0.350 e. The first-order valence-corrected chi connectivity index (χ1v) is 10.6. The van der Waals surface area contributed by atoms with Crippen molar-refractivity contribution in [1.29, 1.82) is 0 Å². The van der Waals surface area contributed by atoms with Gasteiger partial charge in [0, 0.05) is 11.8 Å². The number of nitrogens with one attached hydrogen (secondary N) is 1. The second-order valence-electron chi connectivity index (χ2n) is 9.11. The number of nitrogens with zero attached hydrogens (tertiary/aromatic N) is 1. The van der Waals surface area contributed by atoms with E-state index in [0.29, 0.717) is 11.3 Å². The zero-order chi connectivity index (χ0) is 23.9. The van der Waals surface area contributed by atoms with Gasteiger partial charge in [0.2, 0.25) is 0 Å². The molecule has 2 amide bonds. The van der Waals surface area contributed by atoms with E-state index >= 15 is 0 Å². The smallest absolute Gasteiger partial charge is 0.282 e. The largest absolute Gasteiger partial charge is 0.350 e. The van der Waals surface area contributed by atoms with Crippen LogP contribution in [0.5, 0.6) is 0 Å². The van der Waals surface area contributed by atoms with Crippen LogP contribution in [0.3, 0.4) is 0 Å². The van der Waals surface area contributed by atoms with E-state index in [9.17, 15) is 18.4 Å². The van der Waals surface area contributed by atoms with Crippen LogP contribution in [-0.4, -0.2) is 11.8 Å². The maximum atomic E-state index is 13.9. The molecule has 0 spiro atoms. The molecule has 1 N–H and O–H groups in total. The van der Waals surface area contributed by atoms with E-state index in [0.717, 1.165) is 28.2 Å². The minimum absolute atomic E-state index is 0.0339. The molecule has 0 aromatic heterocycles. The lowest BCUT2D eigenvalue weighted by Gasteiger charge is -2.19. The number of anilines is 2. The Balaban J connectivity index is 1.78. The van der Waals surface area contributed by atoms with Crippen molar-refractivity contribution in [2.45, 2.75) is 33.1 Å². The fourth-order valence-corrected chi connectivity index (χ4v) is 3.69. The zero-order valence-electron chi connectivity index (χ0n) is 18.9. The predicted molar refractivity (Wildman–Crippen MR) is 126 cm³/mol. The third kappa shape index (κ3) is 4.29. The number of benzene rings is 3. The molecule has 0 atom stereocenters. The van der Waals surface area contributed by atoms with E-state index in [-0.39, 0.29) is 22.4 Å². The number of hydrogen-bond donors (Lipinski definition) is 1. The van der Waals surface area contributed by atoms with E-state index in [1.807, 2.05) is 43.3 Å². The Morgan fingerprint density at radius 2 is 1.42 bits per heavy atom. The molecule has 0 bridgehead atoms. The first-order chi connectivity index (χ1) is 15.6. The quantitative estimate of drug-likeness (QED) is 0.503. The van der Waals surface area contributed by atoms with Gasteiger partial charge in [0.25, 0.3) is 11.8 Å². The number of aryl methyl sites for hydroxylation is 1. The van der Waals surface area contributed by atoms with Crippen molar-refractivity contribution in [1.82, 2.24) is 0 Å². The first-order valence-electron chi connectivity index (χ1n) is 10.6. The highest BCUT2D eigenvalue weighted by Gasteiger charge is 2.40. The van der Waals surface area contributed by atoms with E-state index < -0.39 is 23.4 Å². The highest BCUT2D eigenvalue weighted by Crippen LogP contribution is 2.34. The van der Waals surface area contributed by atoms with E-state index in [1.165, 1.54) is 6.07 Å². The van der Waals surface area contributed by atoms with Crippen LogP contribution < -0.4 is 10.2 Å². The zero-order valence-corrected chi connectivity index (χ0v) is 18.9. The van der Waals surface area contributed by atoms with Gasteiger partial charge in [-0.1, -0.05) is 62.7 Å². The summed E-state index contributed by atoms with van der Waals surface area (Å²) in [5, 5.41) is 3.09. The van der Waals surface area contributed by atoms with Gasteiger partial charge in [-0.05, 0) is 47.7 Å². The second-order valence-corrected chi connectivity index (χ2v) is 9.11. The highest BCUT2D eigenvalue weighted by atomic mass is 19.2. The Labute approximate surface area is 191 Å². The summed E-state index contributed by atoms with van der Waals surface area (Å²) in [4.78, 5) is 27.6. The maximum Gasteiger partial charge on any atom is 0.282 e. The Bertz CT molecular complexity index is 1270. The van der Waals surface area contributed by atoms with Crippen molar-refractivity contribution >= 4 is 28.8 Å². The van der Waals surface area contributed by atoms with E-state index in [1.54, 1.807) is 12.1 Å². The summed E-state index contributed by atoms with van der Waals surface area (Å²) in [6, 6.07) is 17.8. The summed E-state index contributed by atoms with van der Waals surface area (Å²) in [6.07, 6.45) is 0. The Morgan fingerprint density at radius 3 is 2.00 bits per heavy atom. The Kier molecular flexibility index (Phi) is 5.62. The molecule has 1 aliphatic heterocycles. The molecule has 33 heavy (non-hydrogen) atoms. The average Bonchev–Trinajstić information content (AvgIpc) is 3.00. The molecule has 0 unspecified atom stereocenters. The number of halogens is 2. The summed E-state index contributed by atoms with van der Waals surface area (Å²) >= 11 is 0. The lowest BCUT2D eigenvalue weighted by atomic mass is 9.87. The van der Waals surface area contributed by atoms with Crippen LogP contribution in [0.2, 0.25) is 0 Å². The number of imide groups is 1. The molecule has 0 saturated carbocycles. The van der Waals surface area contributed by atoms with Crippen molar-refractivity contribution in [3.8, 4) is 0 Å². The number of carbonyl (C=O) groups is 2. The summed E-state index contributed by atoms with van der Waals surface area (Å²) in [5.41, 5.74) is 3.50. The van der Waals surface area contributed by atoms with Gasteiger partial charge in [0.15, 0.2) is 11.6 Å². The number of rotatable bonds is 4. The summed E-state index contributed by atoms with van der Waals surface area (Å²) < 4.78 is 27.3. The van der Waals surface area contributed by atoms with Crippen LogP contribution >= 0.6 is 0 Å². The summed E-state index contributed by atoms with van der Waals surface area (Å²) in [7, 11) is 0. The molecule has 6 heteroatoms. The number of amides is 2. The highest BCUT2D eigenvalue weighted by molar-refractivity contribution is 6.46. The third-order valence-corrected chi connectivity index (χ3v) is 5.61. The third-order valence-electron chi connectivity index (χ3n) is 5.61. The van der Waals surface area contributed by atoms with Crippen LogP contribution in [0.1, 0.15) is 37.5 Å². The van der Waals surface area contributed by atoms with E-state index in [2.05, 4.69) is 26.1 Å². The standard InChI is InChI=1S/C27H24F2N2O2/c1-16-5-7-17(8-6-16)23-24(30-19-11-9-18(10-12-19)27(2,3)4)26(33)31(25(23)32)20-13-14-21(28)22(29)15-20/h5-15,30H,1-4H3. The van der Waals surface area contributed by atoms with Crippen molar-refractivity contribution in [3.05, 3.63) is 101 Å². The van der Waals surface area contributed by atoms with Crippen molar-refractivity contribution in [2.75, 3.05) is 10.2 Å². The molecule has 1 aliphatic rings. The van der Waals surface area contributed by atoms with Gasteiger partial charge in [-0.15, -0.1) is 0 Å². The molecule has 168 valence electrons. The fourth-order valence-electron chi connectivity index (χ4n) is 3.69. The Hall–Kier alpha value is -3.80. The second kappa shape index (κ2) is 8.28. The van der Waals surface area contributed by atoms with Crippen LogP contribution in [0.15, 0.2) is 72.4 Å². The molecule has 4 rings (SSSR count). The molecule has 3 aromatic carbocycles. The van der Waals surface area contributed by atoms with Gasteiger partial charge >= 0.3 is 0 Å². The SMILES string of the molecule is Cc1ccc(C2=C(Nc3ccc(C(C)(C)C)cc3)C(=O)N(c3ccc(F)c(F)c3)C2=O)cc1. The average molecular weight is 446 g/mol. The van der Waals surface area contributed by atoms with Crippen molar-refractivity contribution in [3.63, 3.8) is 0 Å². The topological polar surface area (TPSA) is 49.4 Å². The van der Waals surface area contributed by atoms with Gasteiger partial charge in [-0.2, -0.15) is 0 Å². The fraction of sp³-hybridized carbons (Fsp3) is 0.185. The molecule has 0 saturated heterocycles. The lowest BCUT2D eigenvalue weighted by Crippen LogP contribution is -2.32. The van der Waals surface area contributed by atoms with Crippen LogP contribution in [-0.2, 0) is 15.0 Å². The van der Waals surface area contributed by atoms with Gasteiger partial charge in [0.05, 0.1) is 11.3 Å². The van der Waals surface area contributed by atoms with Gasteiger partial charge < -0.3 is 5.32 Å². The first kappa shape index (κ1) is 22.4. The van der Waals surface area contributed by atoms with Gasteiger partial charge in [0.1, 0.15) is 5.70 Å². The minimum atomic E-state index is -1.14. The molecule has 3 aromatic rings. The lowest BCUT2D eigenvalue weighted by molar-refractivity contribution is -0.120. The molecule has 4 nitrogen and oxygen atoms in total. The number of carbonyl (C=O) groups excluding carboxylic acids is 2. The predicted octanol–water partition coefficient (Wildman–Crippen LogP) is 5.97. The molecule has 0 aliphatic carbocycles. The van der Waals surface area contributed by atoms with Gasteiger partial charge in [-0.3, -0.25) is 9.59 Å². The van der Waals surface area contributed by atoms with E-state index in [4.69, 9.17) is 0 Å². The number of hydrogen-bond acceptors (Lipinski definition) is 3. The van der Waals surface area contributed by atoms with Crippen LogP contribution in [0.25, 0.3) is 5.57 Å². The maximum absolute atomic E-state index is 13.9. The van der Waals surface area contributed by atoms with Crippen molar-refractivity contribution < 1.29 is 18.4 Å². The normalized spacial score (nSPS) is 14.3. The molecule has 1 heterocycles. The summed E-state index contributed by atoms with van der Waals surface area (Å²) in [6.45, 7) is 8.23. The Morgan fingerprint density at radius 1 is 0.788 bits per heavy atom. The van der Waals surface area contributed by atoms with Gasteiger partial charge in [-0.25, -0.2) is 13.7 Å². The van der Waals surface area contributed by atoms with Crippen molar-refractivity contribution in [2.24, 2.45) is 0 Å². The molecular formula is C27H24F2N2O2. The van der Waals surface area contributed by atoms with Crippen LogP contribution in [0.4, 0.5) is 20.2 Å². The molecule has 0 fully saturated rings. The summed E-state index contributed by atoms with van der Waals surface area (Å²) in [5.74, 6) is -3.43. The molecular weight excluding hydrogens is 422 g/mol. The monoisotopic (exact) mass is 446 g/mol.